The van der Waals surface area contributed by atoms with E-state index in [4.69, 9.17) is 5.73 Å². The third kappa shape index (κ3) is 4.28. The Morgan fingerprint density at radius 3 is 2.75 bits per heavy atom. The molecule has 0 spiro atoms. The smallest absolute Gasteiger partial charge is 0.222 e. The zero-order valence-corrected chi connectivity index (χ0v) is 12.2. The van der Waals surface area contributed by atoms with E-state index >= 15 is 0 Å². The second-order valence-electron chi connectivity index (χ2n) is 5.56. The lowest BCUT2D eigenvalue weighted by atomic mass is 10.1. The molecule has 1 atom stereocenters. The molecular formula is C15H24N4O. The molecule has 5 nitrogen and oxygen atoms in total. The molecule has 1 fully saturated rings. The lowest BCUT2D eigenvalue weighted by Gasteiger charge is -2.35. The van der Waals surface area contributed by atoms with Crippen molar-refractivity contribution in [1.82, 2.24) is 14.8 Å². The van der Waals surface area contributed by atoms with E-state index in [-0.39, 0.29) is 11.8 Å². The fourth-order valence-corrected chi connectivity index (χ4v) is 2.42. The maximum Gasteiger partial charge on any atom is 0.222 e. The summed E-state index contributed by atoms with van der Waals surface area (Å²) < 4.78 is 0. The molecule has 1 saturated heterocycles. The molecule has 0 aliphatic carbocycles. The Labute approximate surface area is 120 Å². The van der Waals surface area contributed by atoms with Crippen molar-refractivity contribution in [1.29, 1.82) is 0 Å². The highest BCUT2D eigenvalue weighted by atomic mass is 16.2. The molecule has 1 aliphatic heterocycles. The summed E-state index contributed by atoms with van der Waals surface area (Å²) >= 11 is 0. The highest BCUT2D eigenvalue weighted by Crippen LogP contribution is 2.10. The SMILES string of the molecule is CC(CN)CC(=O)N1CCN(Cc2cccnc2)CC1. The van der Waals surface area contributed by atoms with Crippen LogP contribution in [0.5, 0.6) is 0 Å². The minimum atomic E-state index is 0.240. The minimum absolute atomic E-state index is 0.240. The fourth-order valence-electron chi connectivity index (χ4n) is 2.42. The normalized spacial score (nSPS) is 18.0. The zero-order valence-electron chi connectivity index (χ0n) is 12.2. The van der Waals surface area contributed by atoms with E-state index in [0.29, 0.717) is 13.0 Å². The third-order valence-corrected chi connectivity index (χ3v) is 3.78. The molecule has 0 saturated carbocycles. The monoisotopic (exact) mass is 276 g/mol. The maximum atomic E-state index is 12.1. The number of amides is 1. The van der Waals surface area contributed by atoms with Crippen LogP contribution in [0.3, 0.4) is 0 Å². The first-order chi connectivity index (χ1) is 9.69. The van der Waals surface area contributed by atoms with Crippen LogP contribution in [0.2, 0.25) is 0 Å². The van der Waals surface area contributed by atoms with Gasteiger partial charge in [0, 0.05) is 51.5 Å². The van der Waals surface area contributed by atoms with E-state index in [2.05, 4.69) is 16.0 Å². The summed E-state index contributed by atoms with van der Waals surface area (Å²) in [5.74, 6) is 0.514. The van der Waals surface area contributed by atoms with Gasteiger partial charge in [-0.2, -0.15) is 0 Å². The highest BCUT2D eigenvalue weighted by molar-refractivity contribution is 5.76. The van der Waals surface area contributed by atoms with Crippen molar-refractivity contribution in [3.05, 3.63) is 30.1 Å². The summed E-state index contributed by atoms with van der Waals surface area (Å²) in [7, 11) is 0. The third-order valence-electron chi connectivity index (χ3n) is 3.78. The first-order valence-electron chi connectivity index (χ1n) is 7.28. The Morgan fingerprint density at radius 2 is 2.15 bits per heavy atom. The molecule has 0 bridgehead atoms. The highest BCUT2D eigenvalue weighted by Gasteiger charge is 2.21. The number of hydrogen-bond acceptors (Lipinski definition) is 4. The summed E-state index contributed by atoms with van der Waals surface area (Å²) in [4.78, 5) is 20.5. The molecular weight excluding hydrogens is 252 g/mol. The van der Waals surface area contributed by atoms with E-state index in [1.807, 2.05) is 24.1 Å². The van der Waals surface area contributed by atoms with Crippen LogP contribution in [-0.2, 0) is 11.3 Å². The molecule has 2 heterocycles. The van der Waals surface area contributed by atoms with Gasteiger partial charge in [0.2, 0.25) is 5.91 Å². The summed E-state index contributed by atoms with van der Waals surface area (Å²) in [5.41, 5.74) is 6.80. The van der Waals surface area contributed by atoms with E-state index in [1.54, 1.807) is 6.20 Å². The van der Waals surface area contributed by atoms with Gasteiger partial charge in [0.15, 0.2) is 0 Å². The minimum Gasteiger partial charge on any atom is -0.340 e. The first-order valence-corrected chi connectivity index (χ1v) is 7.28. The Bertz CT molecular complexity index is 415. The second kappa shape index (κ2) is 7.36. The van der Waals surface area contributed by atoms with Crippen molar-refractivity contribution >= 4 is 5.91 Å². The molecule has 1 amide bonds. The van der Waals surface area contributed by atoms with Crippen LogP contribution < -0.4 is 5.73 Å². The summed E-state index contributed by atoms with van der Waals surface area (Å²) in [6, 6.07) is 4.05. The van der Waals surface area contributed by atoms with Gasteiger partial charge in [0.05, 0.1) is 0 Å². The number of hydrogen-bond donors (Lipinski definition) is 1. The Morgan fingerprint density at radius 1 is 1.40 bits per heavy atom. The van der Waals surface area contributed by atoms with Crippen LogP contribution in [0.4, 0.5) is 0 Å². The van der Waals surface area contributed by atoms with Crippen LogP contribution in [-0.4, -0.2) is 53.4 Å². The van der Waals surface area contributed by atoms with Crippen molar-refractivity contribution in [3.8, 4) is 0 Å². The number of nitrogens with zero attached hydrogens (tertiary/aromatic N) is 3. The lowest BCUT2D eigenvalue weighted by molar-refractivity contribution is -0.133. The van der Waals surface area contributed by atoms with Crippen molar-refractivity contribution in [2.45, 2.75) is 19.9 Å². The van der Waals surface area contributed by atoms with E-state index in [1.165, 1.54) is 5.56 Å². The molecule has 0 aromatic carbocycles. The zero-order chi connectivity index (χ0) is 14.4. The van der Waals surface area contributed by atoms with Crippen molar-refractivity contribution in [2.24, 2.45) is 11.7 Å². The number of aromatic nitrogens is 1. The van der Waals surface area contributed by atoms with E-state index in [0.717, 1.165) is 32.7 Å². The molecule has 1 aromatic heterocycles. The number of nitrogens with two attached hydrogens (primary N) is 1. The molecule has 110 valence electrons. The summed E-state index contributed by atoms with van der Waals surface area (Å²) in [6.07, 6.45) is 4.26. The van der Waals surface area contributed by atoms with Crippen LogP contribution in [0, 0.1) is 5.92 Å². The Hall–Kier alpha value is -1.46. The van der Waals surface area contributed by atoms with Crippen LogP contribution in [0.1, 0.15) is 18.9 Å². The molecule has 20 heavy (non-hydrogen) atoms. The average Bonchev–Trinajstić information content (AvgIpc) is 2.49. The number of rotatable bonds is 5. The van der Waals surface area contributed by atoms with Crippen LogP contribution in [0.15, 0.2) is 24.5 Å². The number of pyridine rings is 1. The molecule has 5 heteroatoms. The predicted octanol–water partition coefficient (Wildman–Crippen LogP) is 0.711. The van der Waals surface area contributed by atoms with Gasteiger partial charge in [-0.05, 0) is 24.1 Å². The van der Waals surface area contributed by atoms with Crippen molar-refractivity contribution < 1.29 is 4.79 Å². The Kier molecular flexibility index (Phi) is 5.49. The number of piperazine rings is 1. The molecule has 1 unspecified atom stereocenters. The van der Waals surface area contributed by atoms with Crippen molar-refractivity contribution in [3.63, 3.8) is 0 Å². The Balaban J connectivity index is 1.76. The standard InChI is InChI=1S/C15H24N4O/c1-13(10-16)9-15(20)19-7-5-18(6-8-19)12-14-3-2-4-17-11-14/h2-4,11,13H,5-10,12,16H2,1H3. The number of carbonyl (C=O) groups is 1. The van der Waals surface area contributed by atoms with Gasteiger partial charge >= 0.3 is 0 Å². The van der Waals surface area contributed by atoms with E-state index in [9.17, 15) is 4.79 Å². The van der Waals surface area contributed by atoms with Gasteiger partial charge in [0.25, 0.3) is 0 Å². The molecule has 2 N–H and O–H groups in total. The summed E-state index contributed by atoms with van der Waals surface area (Å²) in [5, 5.41) is 0. The lowest BCUT2D eigenvalue weighted by Crippen LogP contribution is -2.48. The maximum absolute atomic E-state index is 12.1. The van der Waals surface area contributed by atoms with Gasteiger partial charge in [-0.25, -0.2) is 0 Å². The van der Waals surface area contributed by atoms with Gasteiger partial charge in [0.1, 0.15) is 0 Å². The van der Waals surface area contributed by atoms with E-state index < -0.39 is 0 Å². The van der Waals surface area contributed by atoms with Gasteiger partial charge < -0.3 is 10.6 Å². The average molecular weight is 276 g/mol. The first kappa shape index (κ1) is 14.9. The summed E-state index contributed by atoms with van der Waals surface area (Å²) in [6.45, 7) is 7.00. The topological polar surface area (TPSA) is 62.5 Å². The van der Waals surface area contributed by atoms with Gasteiger partial charge in [-0.1, -0.05) is 13.0 Å². The second-order valence-corrected chi connectivity index (χ2v) is 5.56. The fraction of sp³-hybridized carbons (Fsp3) is 0.600. The molecule has 1 aliphatic rings. The predicted molar refractivity (Wildman–Crippen MR) is 78.9 cm³/mol. The quantitative estimate of drug-likeness (QED) is 0.860. The molecule has 2 rings (SSSR count). The van der Waals surface area contributed by atoms with Crippen LogP contribution in [0.25, 0.3) is 0 Å². The largest absolute Gasteiger partial charge is 0.340 e. The van der Waals surface area contributed by atoms with Gasteiger partial charge in [-0.3, -0.25) is 14.7 Å². The number of carbonyl (C=O) groups excluding carboxylic acids is 1. The van der Waals surface area contributed by atoms with Gasteiger partial charge in [-0.15, -0.1) is 0 Å². The molecule has 0 radical (unpaired) electrons. The molecule has 1 aromatic rings. The van der Waals surface area contributed by atoms with Crippen molar-refractivity contribution in [2.75, 3.05) is 32.7 Å². The van der Waals surface area contributed by atoms with Crippen LogP contribution >= 0.6 is 0 Å².